The summed E-state index contributed by atoms with van der Waals surface area (Å²) in [7, 11) is 1.62. The Morgan fingerprint density at radius 1 is 1.10 bits per heavy atom. The van der Waals surface area contributed by atoms with Crippen molar-refractivity contribution in [2.24, 2.45) is 0 Å². The molecule has 2 aliphatic rings. The average molecular weight is 466 g/mol. The average Bonchev–Trinajstić information content (AvgIpc) is 3.07. The highest BCUT2D eigenvalue weighted by Gasteiger charge is 2.49. The smallest absolute Gasteiger partial charge is 0.321 e. The minimum Gasteiger partial charge on any atom is -0.497 e. The molecule has 1 N–H and O–H groups in total. The molecule has 2 aromatic rings. The van der Waals surface area contributed by atoms with Crippen LogP contribution in [-0.2, 0) is 4.79 Å². The minimum absolute atomic E-state index is 0.0962. The molecule has 2 aliphatic heterocycles. The SMILES string of the molecule is COc1ccc(N2C(=O)CSC23CCN(C(=O)Nc2ccc(Cl)c(Cl)c2)CC3)cc1. The number of halogens is 2. The predicted octanol–water partition coefficient (Wildman–Crippen LogP) is 5.11. The van der Waals surface area contributed by atoms with Crippen LogP contribution in [0, 0.1) is 0 Å². The second kappa shape index (κ2) is 8.57. The number of ether oxygens (including phenoxy) is 1. The van der Waals surface area contributed by atoms with Crippen LogP contribution in [0.1, 0.15) is 12.8 Å². The zero-order chi connectivity index (χ0) is 21.3. The second-order valence-corrected chi connectivity index (χ2v) is 9.36. The van der Waals surface area contributed by atoms with Crippen molar-refractivity contribution in [1.82, 2.24) is 4.90 Å². The predicted molar refractivity (Wildman–Crippen MR) is 122 cm³/mol. The molecular formula is C21H21Cl2N3O3S. The Bertz CT molecular complexity index is 962. The summed E-state index contributed by atoms with van der Waals surface area (Å²) in [5.74, 6) is 1.29. The van der Waals surface area contributed by atoms with Crippen LogP contribution < -0.4 is 15.0 Å². The van der Waals surface area contributed by atoms with Crippen molar-refractivity contribution in [2.75, 3.05) is 36.2 Å². The fourth-order valence-corrected chi connectivity index (χ4v) is 5.49. The third-order valence-corrected chi connectivity index (χ3v) is 7.71. The number of hydrogen-bond acceptors (Lipinski definition) is 4. The Balaban J connectivity index is 1.44. The van der Waals surface area contributed by atoms with Gasteiger partial charge in [-0.15, -0.1) is 11.8 Å². The molecule has 0 unspecified atom stereocenters. The van der Waals surface area contributed by atoms with E-state index in [-0.39, 0.29) is 16.8 Å². The van der Waals surface area contributed by atoms with E-state index in [9.17, 15) is 9.59 Å². The molecular weight excluding hydrogens is 445 g/mol. The lowest BCUT2D eigenvalue weighted by Gasteiger charge is -2.43. The lowest BCUT2D eigenvalue weighted by molar-refractivity contribution is -0.116. The van der Waals surface area contributed by atoms with Crippen LogP contribution in [0.25, 0.3) is 0 Å². The van der Waals surface area contributed by atoms with Crippen LogP contribution in [0.2, 0.25) is 10.0 Å². The van der Waals surface area contributed by atoms with E-state index in [1.165, 1.54) is 0 Å². The molecule has 0 aromatic heterocycles. The number of methoxy groups -OCH3 is 1. The van der Waals surface area contributed by atoms with E-state index in [4.69, 9.17) is 27.9 Å². The topological polar surface area (TPSA) is 61.9 Å². The number of anilines is 2. The number of nitrogens with zero attached hydrogens (tertiary/aromatic N) is 2. The molecule has 0 aliphatic carbocycles. The molecule has 9 heteroatoms. The molecule has 2 fully saturated rings. The highest BCUT2D eigenvalue weighted by atomic mass is 35.5. The van der Waals surface area contributed by atoms with Crippen LogP contribution >= 0.6 is 35.0 Å². The Kier molecular flexibility index (Phi) is 6.04. The summed E-state index contributed by atoms with van der Waals surface area (Å²) in [6, 6.07) is 12.4. The normalized spacial score (nSPS) is 18.0. The first-order valence-electron chi connectivity index (χ1n) is 9.54. The summed E-state index contributed by atoms with van der Waals surface area (Å²) >= 11 is 13.6. The molecule has 2 saturated heterocycles. The van der Waals surface area contributed by atoms with Gasteiger partial charge in [0.1, 0.15) is 5.75 Å². The van der Waals surface area contributed by atoms with Crippen molar-refractivity contribution in [3.8, 4) is 5.75 Å². The summed E-state index contributed by atoms with van der Waals surface area (Å²) in [6.45, 7) is 1.11. The zero-order valence-corrected chi connectivity index (χ0v) is 18.7. The summed E-state index contributed by atoms with van der Waals surface area (Å²) in [6.07, 6.45) is 1.40. The van der Waals surface area contributed by atoms with Crippen molar-refractivity contribution >= 4 is 58.3 Å². The fourth-order valence-electron chi connectivity index (χ4n) is 3.87. The van der Waals surface area contributed by atoms with Crippen LogP contribution in [0.3, 0.4) is 0 Å². The Labute approximate surface area is 189 Å². The van der Waals surface area contributed by atoms with Gasteiger partial charge in [-0.2, -0.15) is 0 Å². The first-order chi connectivity index (χ1) is 14.4. The van der Waals surface area contributed by atoms with Gasteiger partial charge >= 0.3 is 6.03 Å². The van der Waals surface area contributed by atoms with Gasteiger partial charge in [0, 0.05) is 24.5 Å². The maximum atomic E-state index is 12.7. The number of hydrogen-bond donors (Lipinski definition) is 1. The number of nitrogens with one attached hydrogen (secondary N) is 1. The molecule has 1 spiro atoms. The third kappa shape index (κ3) is 4.06. The summed E-state index contributed by atoms with van der Waals surface area (Å²) in [4.78, 5) is 28.7. The maximum Gasteiger partial charge on any atom is 0.321 e. The first kappa shape index (κ1) is 21.2. The molecule has 6 nitrogen and oxygen atoms in total. The number of carbonyl (C=O) groups is 2. The summed E-state index contributed by atoms with van der Waals surface area (Å²) < 4.78 is 5.22. The van der Waals surface area contributed by atoms with Gasteiger partial charge in [0.15, 0.2) is 0 Å². The number of rotatable bonds is 3. The Morgan fingerprint density at radius 2 is 1.80 bits per heavy atom. The van der Waals surface area contributed by atoms with E-state index in [0.29, 0.717) is 47.4 Å². The van der Waals surface area contributed by atoms with Gasteiger partial charge in [0.2, 0.25) is 5.91 Å². The van der Waals surface area contributed by atoms with E-state index in [1.54, 1.807) is 42.0 Å². The quantitative estimate of drug-likeness (QED) is 0.684. The maximum absolute atomic E-state index is 12.7. The van der Waals surface area contributed by atoms with Gasteiger partial charge in [-0.25, -0.2) is 4.79 Å². The van der Waals surface area contributed by atoms with Gasteiger partial charge in [-0.05, 0) is 55.3 Å². The lowest BCUT2D eigenvalue weighted by Crippen LogP contribution is -2.53. The second-order valence-electron chi connectivity index (χ2n) is 7.21. The standard InChI is InChI=1S/C21H21Cl2N3O3S/c1-29-16-5-3-15(4-6-16)26-19(27)13-30-21(26)8-10-25(11-9-21)20(28)24-14-2-7-17(22)18(23)12-14/h2-7,12H,8-11,13H2,1H3,(H,24,28). The van der Waals surface area contributed by atoms with Crippen LogP contribution in [0.5, 0.6) is 5.75 Å². The highest BCUT2D eigenvalue weighted by Crippen LogP contribution is 2.47. The summed E-state index contributed by atoms with van der Waals surface area (Å²) in [5, 5.41) is 3.70. The number of piperidine rings is 1. The fraction of sp³-hybridized carbons (Fsp3) is 0.333. The molecule has 3 amide bonds. The molecule has 2 heterocycles. The summed E-state index contributed by atoms with van der Waals surface area (Å²) in [5.41, 5.74) is 1.46. The molecule has 4 rings (SSSR count). The number of benzene rings is 2. The molecule has 0 bridgehead atoms. The number of likely N-dealkylation sites (tertiary alicyclic amines) is 1. The molecule has 30 heavy (non-hydrogen) atoms. The number of amides is 3. The van der Waals surface area contributed by atoms with Gasteiger partial charge in [0.05, 0.1) is 27.8 Å². The first-order valence-corrected chi connectivity index (χ1v) is 11.3. The molecule has 2 aromatic carbocycles. The third-order valence-electron chi connectivity index (χ3n) is 5.45. The minimum atomic E-state index is -0.327. The van der Waals surface area contributed by atoms with Gasteiger partial charge in [0.25, 0.3) is 0 Å². The van der Waals surface area contributed by atoms with Crippen molar-refractivity contribution in [2.45, 2.75) is 17.7 Å². The molecule has 158 valence electrons. The largest absolute Gasteiger partial charge is 0.497 e. The van der Waals surface area contributed by atoms with Gasteiger partial charge < -0.3 is 15.0 Å². The van der Waals surface area contributed by atoms with Crippen molar-refractivity contribution in [3.63, 3.8) is 0 Å². The lowest BCUT2D eigenvalue weighted by atomic mass is 10.0. The van der Waals surface area contributed by atoms with Crippen LogP contribution in [0.4, 0.5) is 16.2 Å². The van der Waals surface area contributed by atoms with E-state index >= 15 is 0 Å². The highest BCUT2D eigenvalue weighted by molar-refractivity contribution is 8.02. The molecule has 0 atom stereocenters. The van der Waals surface area contributed by atoms with E-state index in [1.807, 2.05) is 29.2 Å². The zero-order valence-electron chi connectivity index (χ0n) is 16.4. The van der Waals surface area contributed by atoms with Crippen LogP contribution in [0.15, 0.2) is 42.5 Å². The van der Waals surface area contributed by atoms with Crippen molar-refractivity contribution in [3.05, 3.63) is 52.5 Å². The monoisotopic (exact) mass is 465 g/mol. The Morgan fingerprint density at radius 3 is 2.43 bits per heavy atom. The Hall–Kier alpha value is -2.09. The molecule has 0 saturated carbocycles. The number of urea groups is 1. The van der Waals surface area contributed by atoms with E-state index < -0.39 is 0 Å². The van der Waals surface area contributed by atoms with E-state index in [0.717, 1.165) is 11.4 Å². The number of carbonyl (C=O) groups excluding carboxylic acids is 2. The van der Waals surface area contributed by atoms with E-state index in [2.05, 4.69) is 5.32 Å². The van der Waals surface area contributed by atoms with Crippen molar-refractivity contribution < 1.29 is 14.3 Å². The molecule has 0 radical (unpaired) electrons. The van der Waals surface area contributed by atoms with Gasteiger partial charge in [-0.3, -0.25) is 9.69 Å². The number of thioether (sulfide) groups is 1. The van der Waals surface area contributed by atoms with Crippen molar-refractivity contribution in [1.29, 1.82) is 0 Å². The van der Waals surface area contributed by atoms with Crippen LogP contribution in [-0.4, -0.2) is 47.7 Å². The van der Waals surface area contributed by atoms with Gasteiger partial charge in [-0.1, -0.05) is 23.2 Å².